The zero-order valence-electron chi connectivity index (χ0n) is 30.0. The number of likely N-dealkylation sites (tertiary alicyclic amines) is 3. The van der Waals surface area contributed by atoms with Crippen molar-refractivity contribution in [3.05, 3.63) is 70.4 Å². The predicted octanol–water partition coefficient (Wildman–Crippen LogP) is 5.04. The van der Waals surface area contributed by atoms with Gasteiger partial charge in [-0.3, -0.25) is 14.4 Å². The smallest absolute Gasteiger partial charge is 0.475 e. The third-order valence-corrected chi connectivity index (χ3v) is 10.7. The number of benzene rings is 2. The number of aliphatic carboxylic acids is 1. The number of carbonyl (C=O) groups is 4. The number of rotatable bonds is 8. The fourth-order valence-corrected chi connectivity index (χ4v) is 7.43. The lowest BCUT2D eigenvalue weighted by atomic mass is 9.94. The highest BCUT2D eigenvalue weighted by molar-refractivity contribution is 6.31. The Morgan fingerprint density at radius 1 is 0.962 bits per heavy atom. The maximum Gasteiger partial charge on any atom is 0.490 e. The van der Waals surface area contributed by atoms with E-state index >= 15 is 0 Å². The fraction of sp³-hybridized carbons (Fsp3) is 0.486. The van der Waals surface area contributed by atoms with Crippen LogP contribution in [0, 0.1) is 31.6 Å². The Balaban J connectivity index is 0.000000705. The van der Waals surface area contributed by atoms with E-state index in [2.05, 4.69) is 10.00 Å². The number of amides is 3. The Bertz CT molecular complexity index is 1800. The number of aryl methyl sites for hydroxylation is 2. The van der Waals surface area contributed by atoms with E-state index in [9.17, 15) is 27.6 Å². The number of anilines is 2. The van der Waals surface area contributed by atoms with Gasteiger partial charge in [0.05, 0.1) is 11.9 Å². The molecule has 3 aliphatic rings. The van der Waals surface area contributed by atoms with Crippen LogP contribution in [0.25, 0.3) is 5.69 Å². The van der Waals surface area contributed by atoms with Crippen molar-refractivity contribution >= 4 is 46.8 Å². The van der Waals surface area contributed by atoms with Gasteiger partial charge in [0.15, 0.2) is 0 Å². The maximum absolute atomic E-state index is 13.8. The summed E-state index contributed by atoms with van der Waals surface area (Å²) in [7, 11) is 0. The molecule has 0 saturated carbocycles. The van der Waals surface area contributed by atoms with Gasteiger partial charge in [-0.05, 0) is 81.3 Å². The summed E-state index contributed by atoms with van der Waals surface area (Å²) >= 11 is 6.48. The van der Waals surface area contributed by atoms with Crippen molar-refractivity contribution in [2.75, 3.05) is 63.0 Å². The first-order valence-electron chi connectivity index (χ1n) is 17.6. The highest BCUT2D eigenvalue weighted by Gasteiger charge is 2.42. The summed E-state index contributed by atoms with van der Waals surface area (Å²) in [4.78, 5) is 56.1. The summed E-state index contributed by atoms with van der Waals surface area (Å²) in [5.41, 5.74) is 10.6. The van der Waals surface area contributed by atoms with Crippen molar-refractivity contribution < 1.29 is 37.5 Å². The van der Waals surface area contributed by atoms with Gasteiger partial charge in [0, 0.05) is 69.4 Å². The fourth-order valence-electron chi connectivity index (χ4n) is 7.25. The Morgan fingerprint density at radius 2 is 1.57 bits per heavy atom. The monoisotopic (exact) mass is 759 g/mol. The lowest BCUT2D eigenvalue weighted by molar-refractivity contribution is -0.192. The second kappa shape index (κ2) is 16.6. The Morgan fingerprint density at radius 3 is 2.11 bits per heavy atom. The molecule has 53 heavy (non-hydrogen) atoms. The van der Waals surface area contributed by atoms with Gasteiger partial charge in [0.25, 0.3) is 5.91 Å². The van der Waals surface area contributed by atoms with Gasteiger partial charge in [-0.25, -0.2) is 9.48 Å². The van der Waals surface area contributed by atoms with Crippen LogP contribution in [-0.4, -0.2) is 112 Å². The summed E-state index contributed by atoms with van der Waals surface area (Å²) in [6, 6.07) is 13.7. The maximum atomic E-state index is 13.8. The van der Waals surface area contributed by atoms with Crippen LogP contribution in [0.2, 0.25) is 5.02 Å². The average Bonchev–Trinajstić information content (AvgIpc) is 3.81. The second-order valence-corrected chi connectivity index (χ2v) is 14.4. The Kier molecular flexibility index (Phi) is 12.4. The molecule has 2 unspecified atom stereocenters. The van der Waals surface area contributed by atoms with Crippen LogP contribution >= 0.6 is 11.6 Å². The number of carbonyl (C=O) groups excluding carboxylic acids is 3. The summed E-state index contributed by atoms with van der Waals surface area (Å²) in [6.45, 7) is 11.6. The van der Waals surface area contributed by atoms with E-state index < -0.39 is 12.1 Å². The van der Waals surface area contributed by atoms with E-state index in [4.69, 9.17) is 27.2 Å². The van der Waals surface area contributed by atoms with Crippen molar-refractivity contribution in [2.45, 2.75) is 46.2 Å². The number of nitrogen functional groups attached to an aromatic ring is 1. The summed E-state index contributed by atoms with van der Waals surface area (Å²) in [5.74, 6) is -1.55. The van der Waals surface area contributed by atoms with E-state index in [0.29, 0.717) is 73.8 Å². The lowest BCUT2D eigenvalue weighted by Gasteiger charge is -2.34. The van der Waals surface area contributed by atoms with Crippen LogP contribution < -0.4 is 10.6 Å². The van der Waals surface area contributed by atoms with Crippen molar-refractivity contribution in [3.63, 3.8) is 0 Å². The van der Waals surface area contributed by atoms with Crippen molar-refractivity contribution in [3.8, 4) is 5.69 Å². The number of hydrogen-bond donors (Lipinski definition) is 2. The van der Waals surface area contributed by atoms with Gasteiger partial charge in [-0.2, -0.15) is 18.3 Å². The molecule has 16 heteroatoms. The molecule has 3 aliphatic heterocycles. The summed E-state index contributed by atoms with van der Waals surface area (Å²) in [5, 5.41) is 12.2. The number of fused-ring (bicyclic) bond motifs is 1. The zero-order chi connectivity index (χ0) is 38.6. The molecule has 0 radical (unpaired) electrons. The minimum absolute atomic E-state index is 0.0585. The van der Waals surface area contributed by atoms with E-state index in [0.717, 1.165) is 48.6 Å². The zero-order valence-corrected chi connectivity index (χ0v) is 30.7. The number of hydrogen-bond acceptors (Lipinski definition) is 7. The highest BCUT2D eigenvalue weighted by Crippen LogP contribution is 2.33. The van der Waals surface area contributed by atoms with Gasteiger partial charge in [0.1, 0.15) is 11.4 Å². The molecular weight excluding hydrogens is 715 g/mol. The van der Waals surface area contributed by atoms with E-state index in [1.165, 1.54) is 0 Å². The van der Waals surface area contributed by atoms with Crippen LogP contribution in [0.4, 0.5) is 24.7 Å². The molecular formula is C37H45ClF3N7O5. The number of nitrogens with zero attached hydrogens (tertiary/aromatic N) is 6. The molecule has 3 saturated heterocycles. The SMILES string of the molecule is CC(=O)N1CCC(C(=O)N(CCCN2CC3CN(C(=O)c4cnn(-c5ccc(C)cc5)c4N)CC3C2)c2ccc(C)c(Cl)c2)CC1.O=C(O)C(F)(F)F. The number of carboxylic acids is 1. The van der Waals surface area contributed by atoms with Crippen LogP contribution in [0.15, 0.2) is 48.7 Å². The van der Waals surface area contributed by atoms with Crippen LogP contribution in [0.5, 0.6) is 0 Å². The van der Waals surface area contributed by atoms with Crippen molar-refractivity contribution in [1.82, 2.24) is 24.5 Å². The first-order valence-corrected chi connectivity index (χ1v) is 18.0. The standard InChI is InChI=1S/C35H44ClN7O3.C2HF3O2/c1-23-5-8-29(9-6-23)43-33(37)31(18-38-43)35(46)41-21-27-19-39(20-28(27)22-41)13-4-14-42(30-10-7-24(2)32(36)17-30)34(45)26-11-15-40(16-12-26)25(3)44;3-2(4,5)1(6)7/h5-10,17-18,26-28H,4,11-16,19-22,37H2,1-3H3;(H,6,7). The van der Waals surface area contributed by atoms with E-state index in [-0.39, 0.29) is 23.6 Å². The van der Waals surface area contributed by atoms with Crippen LogP contribution in [0.3, 0.4) is 0 Å². The van der Waals surface area contributed by atoms with E-state index in [1.807, 2.05) is 71.0 Å². The van der Waals surface area contributed by atoms with Gasteiger partial charge >= 0.3 is 12.1 Å². The largest absolute Gasteiger partial charge is 0.490 e. The first kappa shape index (κ1) is 39.6. The number of nitrogens with two attached hydrogens (primary N) is 1. The number of piperidine rings is 1. The minimum atomic E-state index is -5.08. The summed E-state index contributed by atoms with van der Waals surface area (Å²) in [6.07, 6.45) is -1.31. The van der Waals surface area contributed by atoms with Crippen LogP contribution in [-0.2, 0) is 14.4 Å². The molecule has 0 spiro atoms. The predicted molar refractivity (Wildman–Crippen MR) is 194 cm³/mol. The third-order valence-electron chi connectivity index (χ3n) is 10.3. The molecule has 1 aromatic heterocycles. The molecule has 12 nitrogen and oxygen atoms in total. The van der Waals surface area contributed by atoms with Crippen molar-refractivity contribution in [2.24, 2.45) is 17.8 Å². The third kappa shape index (κ3) is 9.49. The van der Waals surface area contributed by atoms with Crippen LogP contribution in [0.1, 0.15) is 47.7 Å². The number of aromatic nitrogens is 2. The molecule has 4 heterocycles. The molecule has 6 rings (SSSR count). The average molecular weight is 760 g/mol. The Hall–Kier alpha value is -4.63. The molecule has 0 bridgehead atoms. The molecule has 286 valence electrons. The first-order chi connectivity index (χ1) is 25.0. The van der Waals surface area contributed by atoms with Crippen molar-refractivity contribution in [1.29, 1.82) is 0 Å². The van der Waals surface area contributed by atoms with Gasteiger partial charge in [-0.1, -0.05) is 35.4 Å². The second-order valence-electron chi connectivity index (χ2n) is 14.0. The molecule has 2 aromatic carbocycles. The number of halogens is 4. The van der Waals surface area contributed by atoms with Gasteiger partial charge < -0.3 is 30.4 Å². The molecule has 0 aliphatic carbocycles. The number of carboxylic acid groups (broad SMARTS) is 1. The quantitative estimate of drug-likeness (QED) is 0.325. The van der Waals surface area contributed by atoms with Gasteiger partial charge in [-0.15, -0.1) is 0 Å². The molecule has 3 N–H and O–H groups in total. The highest BCUT2D eigenvalue weighted by atomic mass is 35.5. The molecule has 2 atom stereocenters. The molecule has 3 aromatic rings. The topological polar surface area (TPSA) is 145 Å². The minimum Gasteiger partial charge on any atom is -0.475 e. The number of alkyl halides is 3. The molecule has 3 fully saturated rings. The normalized spacial score (nSPS) is 19.1. The van der Waals surface area contributed by atoms with Gasteiger partial charge in [0.2, 0.25) is 11.8 Å². The summed E-state index contributed by atoms with van der Waals surface area (Å²) < 4.78 is 33.4. The lowest BCUT2D eigenvalue weighted by Crippen LogP contribution is -2.44. The molecule has 3 amide bonds. The van der Waals surface area contributed by atoms with E-state index in [1.54, 1.807) is 17.8 Å². The Labute approximate surface area is 311 Å².